The topological polar surface area (TPSA) is 83.1 Å². The highest BCUT2D eigenvalue weighted by molar-refractivity contribution is 5.81. The number of hydrogen-bond acceptors (Lipinski definition) is 6. The summed E-state index contributed by atoms with van der Waals surface area (Å²) in [6.07, 6.45) is -0.541. The van der Waals surface area contributed by atoms with Crippen LogP contribution in [0.3, 0.4) is 0 Å². The third-order valence-electron chi connectivity index (χ3n) is 6.12. The van der Waals surface area contributed by atoms with Crippen LogP contribution in [0.1, 0.15) is 43.0 Å². The summed E-state index contributed by atoms with van der Waals surface area (Å²) in [6.45, 7) is 6.09. The Morgan fingerprint density at radius 1 is 0.643 bits per heavy atom. The molecule has 1 unspecified atom stereocenters. The number of nitrogens with one attached hydrogen (secondary N) is 1. The Morgan fingerprint density at radius 3 is 1.67 bits per heavy atom. The number of ether oxygens (including phenoxy) is 4. The first-order chi connectivity index (χ1) is 20.2. The van der Waals surface area contributed by atoms with Crippen LogP contribution in [0.4, 0.5) is 4.79 Å². The van der Waals surface area contributed by atoms with Gasteiger partial charge in [-0.2, -0.15) is 0 Å². The second kappa shape index (κ2) is 14.7. The molecule has 4 rings (SSSR count). The van der Waals surface area contributed by atoms with Crippen molar-refractivity contribution >= 4 is 12.1 Å². The molecule has 1 N–H and O–H groups in total. The summed E-state index contributed by atoms with van der Waals surface area (Å²) in [6, 6.07) is 33.6. The Labute approximate surface area is 247 Å². The Kier molecular flexibility index (Phi) is 10.6. The number of alkyl carbamates (subject to hydrolysis) is 1. The third kappa shape index (κ3) is 10.0. The number of carbonyl (C=O) groups is 2. The molecule has 0 radical (unpaired) electrons. The van der Waals surface area contributed by atoms with E-state index in [1.165, 1.54) is 0 Å². The molecular formula is C35H37NO6. The third-order valence-corrected chi connectivity index (χ3v) is 6.12. The number of hydrogen-bond donors (Lipinski definition) is 1. The van der Waals surface area contributed by atoms with E-state index in [0.717, 1.165) is 22.3 Å². The van der Waals surface area contributed by atoms with E-state index in [2.05, 4.69) is 5.32 Å². The average Bonchev–Trinajstić information content (AvgIpc) is 2.98. The van der Waals surface area contributed by atoms with Crippen LogP contribution in [0.15, 0.2) is 109 Å². The van der Waals surface area contributed by atoms with Gasteiger partial charge in [-0.3, -0.25) is 0 Å². The molecule has 0 aliphatic heterocycles. The zero-order valence-electron chi connectivity index (χ0n) is 24.2. The summed E-state index contributed by atoms with van der Waals surface area (Å²) in [5.74, 6) is 0.531. The largest absolute Gasteiger partial charge is 0.485 e. The maximum Gasteiger partial charge on any atom is 0.408 e. The van der Waals surface area contributed by atoms with Crippen LogP contribution in [0, 0.1) is 0 Å². The molecule has 1 atom stereocenters. The van der Waals surface area contributed by atoms with Gasteiger partial charge in [0.2, 0.25) is 0 Å². The van der Waals surface area contributed by atoms with Gasteiger partial charge in [0.05, 0.1) is 0 Å². The molecule has 42 heavy (non-hydrogen) atoms. The van der Waals surface area contributed by atoms with Crippen molar-refractivity contribution in [1.29, 1.82) is 0 Å². The lowest BCUT2D eigenvalue weighted by Crippen LogP contribution is -2.45. The van der Waals surface area contributed by atoms with Gasteiger partial charge in [0.25, 0.3) is 0 Å². The van der Waals surface area contributed by atoms with Crippen molar-refractivity contribution in [3.63, 3.8) is 0 Å². The van der Waals surface area contributed by atoms with Crippen LogP contribution in [-0.4, -0.2) is 23.7 Å². The highest BCUT2D eigenvalue weighted by Gasteiger charge is 2.26. The number of benzene rings is 4. The van der Waals surface area contributed by atoms with E-state index in [9.17, 15) is 9.59 Å². The van der Waals surface area contributed by atoms with Crippen molar-refractivity contribution < 1.29 is 28.5 Å². The quantitative estimate of drug-likeness (QED) is 0.185. The zero-order chi connectivity index (χ0) is 29.8. The van der Waals surface area contributed by atoms with Gasteiger partial charge in [-0.05, 0) is 55.2 Å². The predicted molar refractivity (Wildman–Crippen MR) is 161 cm³/mol. The second-order valence-electron chi connectivity index (χ2n) is 10.8. The van der Waals surface area contributed by atoms with E-state index in [0.29, 0.717) is 24.7 Å². The standard InChI is InChI=1S/C35H37NO6/c1-35(2,3)42-34(38)36-30(33(37)41-25-28-17-11-6-12-18-28)21-29-19-20-31(39-23-26-13-7-4-8-14-26)32(22-29)40-24-27-15-9-5-10-16-27/h4-20,22,30H,21,23-25H2,1-3H3,(H,36,38). The van der Waals surface area contributed by atoms with Crippen molar-refractivity contribution in [3.05, 3.63) is 131 Å². The molecule has 0 aliphatic carbocycles. The fourth-order valence-corrected chi connectivity index (χ4v) is 4.09. The van der Waals surface area contributed by atoms with Crippen molar-refractivity contribution in [2.75, 3.05) is 0 Å². The van der Waals surface area contributed by atoms with E-state index < -0.39 is 23.7 Å². The molecule has 1 amide bonds. The maximum absolute atomic E-state index is 13.2. The maximum atomic E-state index is 13.2. The van der Waals surface area contributed by atoms with E-state index in [1.807, 2.05) is 109 Å². The van der Waals surface area contributed by atoms with Crippen LogP contribution in [0.25, 0.3) is 0 Å². The molecule has 4 aromatic carbocycles. The Bertz CT molecular complexity index is 1420. The lowest BCUT2D eigenvalue weighted by atomic mass is 10.1. The van der Waals surface area contributed by atoms with Crippen LogP contribution in [0.5, 0.6) is 11.5 Å². The smallest absolute Gasteiger partial charge is 0.408 e. The van der Waals surface area contributed by atoms with E-state index in [4.69, 9.17) is 18.9 Å². The number of esters is 1. The Balaban J connectivity index is 1.53. The molecule has 0 fully saturated rings. The highest BCUT2D eigenvalue weighted by atomic mass is 16.6. The van der Waals surface area contributed by atoms with Crippen molar-refractivity contribution in [3.8, 4) is 11.5 Å². The van der Waals surface area contributed by atoms with Gasteiger partial charge in [0.15, 0.2) is 11.5 Å². The molecule has 218 valence electrons. The Morgan fingerprint density at radius 2 is 1.14 bits per heavy atom. The first-order valence-electron chi connectivity index (χ1n) is 13.9. The van der Waals surface area contributed by atoms with E-state index >= 15 is 0 Å². The first kappa shape index (κ1) is 30.2. The van der Waals surface area contributed by atoms with Gasteiger partial charge in [0, 0.05) is 6.42 Å². The molecule has 0 saturated heterocycles. The van der Waals surface area contributed by atoms with Crippen molar-refractivity contribution in [2.45, 2.75) is 58.7 Å². The molecule has 0 saturated carbocycles. The number of carbonyl (C=O) groups excluding carboxylic acids is 2. The summed E-state index contributed by atoms with van der Waals surface area (Å²) in [7, 11) is 0. The van der Waals surface area contributed by atoms with Gasteiger partial charge in [-0.1, -0.05) is 97.1 Å². The SMILES string of the molecule is CC(C)(C)OC(=O)NC(Cc1ccc(OCc2ccccc2)c(OCc2ccccc2)c1)C(=O)OCc1ccccc1. The van der Waals surface area contributed by atoms with Gasteiger partial charge in [-0.15, -0.1) is 0 Å². The minimum absolute atomic E-state index is 0.0872. The van der Waals surface area contributed by atoms with E-state index in [-0.39, 0.29) is 13.0 Å². The lowest BCUT2D eigenvalue weighted by molar-refractivity contribution is -0.147. The molecule has 0 aromatic heterocycles. The highest BCUT2D eigenvalue weighted by Crippen LogP contribution is 2.31. The van der Waals surface area contributed by atoms with E-state index in [1.54, 1.807) is 20.8 Å². The summed E-state index contributed by atoms with van der Waals surface area (Å²) >= 11 is 0. The average molecular weight is 568 g/mol. The first-order valence-corrected chi connectivity index (χ1v) is 13.9. The lowest BCUT2D eigenvalue weighted by Gasteiger charge is -2.23. The minimum Gasteiger partial charge on any atom is -0.485 e. The minimum atomic E-state index is -0.985. The zero-order valence-corrected chi connectivity index (χ0v) is 24.2. The second-order valence-corrected chi connectivity index (χ2v) is 10.8. The summed E-state index contributed by atoms with van der Waals surface area (Å²) in [5.41, 5.74) is 2.91. The molecule has 0 aliphatic rings. The normalized spacial score (nSPS) is 11.7. The fraction of sp³-hybridized carbons (Fsp3) is 0.257. The summed E-state index contributed by atoms with van der Waals surface area (Å²) < 4.78 is 23.3. The summed E-state index contributed by atoms with van der Waals surface area (Å²) in [4.78, 5) is 25.8. The molecule has 0 spiro atoms. The monoisotopic (exact) mass is 567 g/mol. The number of amides is 1. The van der Waals surface area contributed by atoms with Gasteiger partial charge < -0.3 is 24.3 Å². The molecular weight excluding hydrogens is 530 g/mol. The van der Waals surface area contributed by atoms with Crippen LogP contribution < -0.4 is 14.8 Å². The van der Waals surface area contributed by atoms with Crippen LogP contribution in [0.2, 0.25) is 0 Å². The molecule has 4 aromatic rings. The van der Waals surface area contributed by atoms with Crippen molar-refractivity contribution in [2.24, 2.45) is 0 Å². The molecule has 7 heteroatoms. The van der Waals surface area contributed by atoms with Crippen LogP contribution in [-0.2, 0) is 40.5 Å². The van der Waals surface area contributed by atoms with Crippen LogP contribution >= 0.6 is 0 Å². The van der Waals surface area contributed by atoms with Gasteiger partial charge >= 0.3 is 12.1 Å². The summed E-state index contributed by atoms with van der Waals surface area (Å²) in [5, 5.41) is 2.69. The molecule has 7 nitrogen and oxygen atoms in total. The molecule has 0 bridgehead atoms. The molecule has 0 heterocycles. The van der Waals surface area contributed by atoms with Gasteiger partial charge in [0.1, 0.15) is 31.5 Å². The van der Waals surface area contributed by atoms with Gasteiger partial charge in [-0.25, -0.2) is 9.59 Å². The predicted octanol–water partition coefficient (Wildman–Crippen LogP) is 7.02. The van der Waals surface area contributed by atoms with Crippen molar-refractivity contribution in [1.82, 2.24) is 5.32 Å². The number of rotatable bonds is 12. The fourth-order valence-electron chi connectivity index (χ4n) is 4.09. The Hall–Kier alpha value is -4.78.